The first-order chi connectivity index (χ1) is 5.61. The van der Waals surface area contributed by atoms with Gasteiger partial charge in [-0.2, -0.15) is 0 Å². The Morgan fingerprint density at radius 1 is 1.25 bits per heavy atom. The van der Waals surface area contributed by atoms with E-state index in [1.165, 1.54) is 0 Å². The third-order valence-electron chi connectivity index (χ3n) is 1.90. The summed E-state index contributed by atoms with van der Waals surface area (Å²) in [5.41, 5.74) is 0. The van der Waals surface area contributed by atoms with Crippen molar-refractivity contribution >= 4 is 0 Å². The van der Waals surface area contributed by atoms with Crippen molar-refractivity contribution in [2.75, 3.05) is 13.2 Å². The molecule has 0 aromatic rings. The molecule has 3 nitrogen and oxygen atoms in total. The Kier molecular flexibility index (Phi) is 6.34. The summed E-state index contributed by atoms with van der Waals surface area (Å²) in [6.07, 6.45) is -0.143. The van der Waals surface area contributed by atoms with Crippen LogP contribution in [0.5, 0.6) is 0 Å². The Labute approximate surface area is 74.7 Å². The molecule has 0 fully saturated rings. The van der Waals surface area contributed by atoms with Crippen LogP contribution in [-0.2, 0) is 9.47 Å². The van der Waals surface area contributed by atoms with E-state index in [4.69, 9.17) is 14.6 Å². The quantitative estimate of drug-likeness (QED) is 0.622. The molecule has 74 valence electrons. The molecule has 0 amide bonds. The third kappa shape index (κ3) is 4.70. The van der Waals surface area contributed by atoms with E-state index in [0.717, 1.165) is 0 Å². The van der Waals surface area contributed by atoms with Crippen molar-refractivity contribution in [3.63, 3.8) is 0 Å². The van der Waals surface area contributed by atoms with Crippen molar-refractivity contribution in [3.8, 4) is 0 Å². The minimum Gasteiger partial charge on any atom is -0.396 e. The highest BCUT2D eigenvalue weighted by Gasteiger charge is 2.14. The molecular weight excluding hydrogens is 156 g/mol. The fourth-order valence-corrected chi connectivity index (χ4v) is 0.859. The van der Waals surface area contributed by atoms with Crippen LogP contribution in [0.25, 0.3) is 0 Å². The average Bonchev–Trinajstić information content (AvgIpc) is 2.03. The first-order valence-corrected chi connectivity index (χ1v) is 4.49. The molecule has 0 heterocycles. The molecule has 0 saturated carbocycles. The first-order valence-electron chi connectivity index (χ1n) is 4.49. The van der Waals surface area contributed by atoms with Crippen molar-refractivity contribution in [3.05, 3.63) is 0 Å². The highest BCUT2D eigenvalue weighted by Crippen LogP contribution is 2.09. The van der Waals surface area contributed by atoms with Crippen molar-refractivity contribution in [1.82, 2.24) is 0 Å². The maximum atomic E-state index is 8.83. The van der Waals surface area contributed by atoms with E-state index in [0.29, 0.717) is 6.61 Å². The molecule has 12 heavy (non-hydrogen) atoms. The number of hydrogen-bond acceptors (Lipinski definition) is 3. The van der Waals surface area contributed by atoms with E-state index in [1.807, 2.05) is 27.7 Å². The molecule has 0 aliphatic heterocycles. The molecule has 0 aromatic carbocycles. The van der Waals surface area contributed by atoms with Gasteiger partial charge in [0.1, 0.15) is 0 Å². The second kappa shape index (κ2) is 6.40. The van der Waals surface area contributed by atoms with E-state index in [-0.39, 0.29) is 24.9 Å². The Bertz CT molecular complexity index is 106. The molecular formula is C9H20O3. The fraction of sp³-hybridized carbons (Fsp3) is 1.00. The number of aliphatic hydroxyl groups is 1. The predicted octanol–water partition coefficient (Wildman–Crippen LogP) is 1.40. The van der Waals surface area contributed by atoms with Crippen LogP contribution < -0.4 is 0 Å². The lowest BCUT2D eigenvalue weighted by Gasteiger charge is -2.22. The summed E-state index contributed by atoms with van der Waals surface area (Å²) >= 11 is 0. The minimum atomic E-state index is -0.181. The summed E-state index contributed by atoms with van der Waals surface area (Å²) in [5, 5.41) is 8.83. The zero-order valence-corrected chi connectivity index (χ0v) is 8.41. The fourth-order valence-electron chi connectivity index (χ4n) is 0.859. The zero-order chi connectivity index (χ0) is 9.56. The summed E-state index contributed by atoms with van der Waals surface area (Å²) < 4.78 is 10.7. The predicted molar refractivity (Wildman–Crippen MR) is 47.9 cm³/mol. The Morgan fingerprint density at radius 2 is 1.83 bits per heavy atom. The van der Waals surface area contributed by atoms with Gasteiger partial charge in [-0.1, -0.05) is 6.92 Å². The lowest BCUT2D eigenvalue weighted by Crippen LogP contribution is -2.27. The number of ether oxygens (including phenoxy) is 2. The summed E-state index contributed by atoms with van der Waals surface area (Å²) in [6.45, 7) is 8.49. The second-order valence-electron chi connectivity index (χ2n) is 3.02. The van der Waals surface area contributed by atoms with Gasteiger partial charge in [0.15, 0.2) is 6.29 Å². The average molecular weight is 176 g/mol. The number of rotatable bonds is 6. The van der Waals surface area contributed by atoms with Crippen LogP contribution in [0.3, 0.4) is 0 Å². The van der Waals surface area contributed by atoms with E-state index in [1.54, 1.807) is 0 Å². The van der Waals surface area contributed by atoms with E-state index in [2.05, 4.69) is 0 Å². The highest BCUT2D eigenvalue weighted by atomic mass is 16.7. The Balaban J connectivity index is 3.59. The van der Waals surface area contributed by atoms with Gasteiger partial charge >= 0.3 is 0 Å². The smallest absolute Gasteiger partial charge is 0.155 e. The van der Waals surface area contributed by atoms with Gasteiger partial charge in [-0.3, -0.25) is 0 Å². The molecule has 3 heteroatoms. The van der Waals surface area contributed by atoms with Gasteiger partial charge in [-0.15, -0.1) is 0 Å². The van der Waals surface area contributed by atoms with Gasteiger partial charge < -0.3 is 14.6 Å². The second-order valence-corrected chi connectivity index (χ2v) is 3.02. The Hall–Kier alpha value is -0.120. The molecule has 0 aromatic heterocycles. The maximum Gasteiger partial charge on any atom is 0.155 e. The molecule has 0 radical (unpaired) electrons. The van der Waals surface area contributed by atoms with Gasteiger partial charge in [0.05, 0.1) is 6.10 Å². The van der Waals surface area contributed by atoms with Gasteiger partial charge in [-0.05, 0) is 20.8 Å². The summed E-state index contributed by atoms with van der Waals surface area (Å²) in [4.78, 5) is 0. The monoisotopic (exact) mass is 176 g/mol. The SMILES string of the molecule is CCOC(C)O[C@H](C)C(C)CO. The van der Waals surface area contributed by atoms with Crippen LogP contribution >= 0.6 is 0 Å². The van der Waals surface area contributed by atoms with Crippen LogP contribution in [0.15, 0.2) is 0 Å². The molecule has 0 aliphatic rings. The summed E-state index contributed by atoms with van der Waals surface area (Å²) in [7, 11) is 0. The van der Waals surface area contributed by atoms with Gasteiger partial charge in [0.25, 0.3) is 0 Å². The highest BCUT2D eigenvalue weighted by molar-refractivity contribution is 4.59. The van der Waals surface area contributed by atoms with Crippen LogP contribution in [-0.4, -0.2) is 30.7 Å². The lowest BCUT2D eigenvalue weighted by atomic mass is 10.1. The zero-order valence-electron chi connectivity index (χ0n) is 8.41. The topological polar surface area (TPSA) is 38.7 Å². The molecule has 1 N–H and O–H groups in total. The van der Waals surface area contributed by atoms with Crippen molar-refractivity contribution in [2.24, 2.45) is 5.92 Å². The third-order valence-corrected chi connectivity index (χ3v) is 1.90. The minimum absolute atomic E-state index is 0.0385. The molecule has 0 rings (SSSR count). The largest absolute Gasteiger partial charge is 0.396 e. The molecule has 2 unspecified atom stereocenters. The van der Waals surface area contributed by atoms with Crippen LogP contribution in [0.1, 0.15) is 27.7 Å². The normalized spacial score (nSPS) is 18.8. The van der Waals surface area contributed by atoms with Crippen LogP contribution in [0.2, 0.25) is 0 Å². The van der Waals surface area contributed by atoms with Crippen molar-refractivity contribution in [2.45, 2.75) is 40.1 Å². The van der Waals surface area contributed by atoms with Gasteiger partial charge in [-0.25, -0.2) is 0 Å². The van der Waals surface area contributed by atoms with Gasteiger partial charge in [0, 0.05) is 19.1 Å². The molecule has 0 bridgehead atoms. The number of hydrogen-bond donors (Lipinski definition) is 1. The lowest BCUT2D eigenvalue weighted by molar-refractivity contribution is -0.166. The van der Waals surface area contributed by atoms with Crippen molar-refractivity contribution < 1.29 is 14.6 Å². The first kappa shape index (κ1) is 11.9. The van der Waals surface area contributed by atoms with Crippen LogP contribution in [0, 0.1) is 5.92 Å². The maximum absolute atomic E-state index is 8.83. The summed E-state index contributed by atoms with van der Waals surface area (Å²) in [5.74, 6) is 0.160. The summed E-state index contributed by atoms with van der Waals surface area (Å²) in [6, 6.07) is 0. The van der Waals surface area contributed by atoms with Crippen molar-refractivity contribution in [1.29, 1.82) is 0 Å². The Morgan fingerprint density at radius 3 is 2.25 bits per heavy atom. The molecule has 0 spiro atoms. The molecule has 0 saturated heterocycles. The van der Waals surface area contributed by atoms with E-state index in [9.17, 15) is 0 Å². The van der Waals surface area contributed by atoms with E-state index < -0.39 is 0 Å². The van der Waals surface area contributed by atoms with Crippen LogP contribution in [0.4, 0.5) is 0 Å². The van der Waals surface area contributed by atoms with Gasteiger partial charge in [0.2, 0.25) is 0 Å². The molecule has 0 aliphatic carbocycles. The number of aliphatic hydroxyl groups excluding tert-OH is 1. The molecule has 3 atom stereocenters. The standard InChI is InChI=1S/C9H20O3/c1-5-11-9(4)12-8(3)7(2)6-10/h7-10H,5-6H2,1-4H3/t7?,8-,9?/m1/s1. The van der Waals surface area contributed by atoms with E-state index >= 15 is 0 Å².